The van der Waals surface area contributed by atoms with E-state index in [0.29, 0.717) is 13.0 Å². The number of aromatic nitrogens is 1. The maximum Gasteiger partial charge on any atom is 0.222 e. The zero-order chi connectivity index (χ0) is 14.7. The summed E-state index contributed by atoms with van der Waals surface area (Å²) in [5.41, 5.74) is 2.33. The predicted octanol–water partition coefficient (Wildman–Crippen LogP) is 2.33. The van der Waals surface area contributed by atoms with Gasteiger partial charge in [0, 0.05) is 37.8 Å². The van der Waals surface area contributed by atoms with Gasteiger partial charge < -0.3 is 15.0 Å². The van der Waals surface area contributed by atoms with Gasteiger partial charge in [0.2, 0.25) is 5.91 Å². The molecule has 112 valence electrons. The zero-order valence-corrected chi connectivity index (χ0v) is 12.2. The number of carbonyl (C=O) groups is 1. The normalized spacial score (nSPS) is 19.1. The van der Waals surface area contributed by atoms with Crippen LogP contribution in [0, 0.1) is 5.92 Å². The summed E-state index contributed by atoms with van der Waals surface area (Å²) >= 11 is 0. The number of aliphatic hydroxyl groups excluding tert-OH is 1. The molecule has 1 aromatic carbocycles. The summed E-state index contributed by atoms with van der Waals surface area (Å²) in [6.07, 6.45) is 5.30. The number of nitrogens with one attached hydrogen (secondary N) is 1. The zero-order valence-electron chi connectivity index (χ0n) is 12.2. The van der Waals surface area contributed by atoms with Crippen LogP contribution in [0.1, 0.15) is 24.8 Å². The number of carbonyl (C=O) groups excluding carboxylic acids is 1. The molecule has 4 heteroatoms. The average molecular weight is 286 g/mol. The molecule has 2 heterocycles. The van der Waals surface area contributed by atoms with Gasteiger partial charge in [-0.1, -0.05) is 6.07 Å². The number of rotatable bonds is 4. The summed E-state index contributed by atoms with van der Waals surface area (Å²) in [5, 5.41) is 10.4. The van der Waals surface area contributed by atoms with Gasteiger partial charge in [-0.3, -0.25) is 4.79 Å². The average Bonchev–Trinajstić information content (AvgIpc) is 3.00. The van der Waals surface area contributed by atoms with Crippen LogP contribution in [0.5, 0.6) is 0 Å². The van der Waals surface area contributed by atoms with E-state index < -0.39 is 0 Å². The van der Waals surface area contributed by atoms with Crippen molar-refractivity contribution in [1.29, 1.82) is 0 Å². The predicted molar refractivity (Wildman–Crippen MR) is 83.0 cm³/mol. The molecular formula is C17H22N2O2. The molecule has 1 aliphatic rings. The van der Waals surface area contributed by atoms with E-state index >= 15 is 0 Å². The first kappa shape index (κ1) is 14.1. The second kappa shape index (κ2) is 6.31. The van der Waals surface area contributed by atoms with Crippen molar-refractivity contribution in [2.24, 2.45) is 5.92 Å². The molecule has 1 amide bonds. The van der Waals surface area contributed by atoms with Crippen LogP contribution < -0.4 is 0 Å². The first-order valence-electron chi connectivity index (χ1n) is 7.71. The van der Waals surface area contributed by atoms with Gasteiger partial charge in [0.1, 0.15) is 0 Å². The molecule has 2 N–H and O–H groups in total. The van der Waals surface area contributed by atoms with Crippen LogP contribution in [0.15, 0.2) is 30.5 Å². The number of aryl methyl sites for hydroxylation is 1. The Labute approximate surface area is 124 Å². The lowest BCUT2D eigenvalue weighted by Gasteiger charge is -2.32. The third-order valence-corrected chi connectivity index (χ3v) is 4.38. The Kier molecular flexibility index (Phi) is 4.25. The number of H-pyrrole nitrogens is 1. The van der Waals surface area contributed by atoms with Crippen LogP contribution >= 0.6 is 0 Å². The fourth-order valence-corrected chi connectivity index (χ4v) is 3.11. The fourth-order valence-electron chi connectivity index (χ4n) is 3.11. The lowest BCUT2D eigenvalue weighted by Crippen LogP contribution is -2.41. The van der Waals surface area contributed by atoms with Gasteiger partial charge in [0.15, 0.2) is 0 Å². The summed E-state index contributed by atoms with van der Waals surface area (Å²) < 4.78 is 0. The summed E-state index contributed by atoms with van der Waals surface area (Å²) in [6, 6.07) is 8.35. The first-order valence-corrected chi connectivity index (χ1v) is 7.71. The van der Waals surface area contributed by atoms with E-state index in [-0.39, 0.29) is 18.4 Å². The Balaban J connectivity index is 1.57. The smallest absolute Gasteiger partial charge is 0.222 e. The number of hydrogen-bond donors (Lipinski definition) is 2. The Hall–Kier alpha value is -1.81. The van der Waals surface area contributed by atoms with E-state index in [4.69, 9.17) is 0 Å². The summed E-state index contributed by atoms with van der Waals surface area (Å²) in [4.78, 5) is 17.4. The van der Waals surface area contributed by atoms with Crippen molar-refractivity contribution in [1.82, 2.24) is 9.88 Å². The number of aromatic amines is 1. The molecule has 0 saturated carbocycles. The Morgan fingerprint density at radius 3 is 3.14 bits per heavy atom. The lowest BCUT2D eigenvalue weighted by atomic mass is 9.98. The van der Waals surface area contributed by atoms with Gasteiger partial charge in [0.05, 0.1) is 0 Å². The molecule has 2 aromatic rings. The summed E-state index contributed by atoms with van der Waals surface area (Å²) in [5.74, 6) is 0.473. The minimum atomic E-state index is 0.188. The highest BCUT2D eigenvalue weighted by Crippen LogP contribution is 2.18. The number of likely N-dealkylation sites (tertiary alicyclic amines) is 1. The molecule has 0 bridgehead atoms. The van der Waals surface area contributed by atoms with Gasteiger partial charge in [-0.15, -0.1) is 0 Å². The number of fused-ring (bicyclic) bond motifs is 1. The molecule has 21 heavy (non-hydrogen) atoms. The monoisotopic (exact) mass is 286 g/mol. The lowest BCUT2D eigenvalue weighted by molar-refractivity contribution is -0.133. The molecule has 1 fully saturated rings. The van der Waals surface area contributed by atoms with Crippen molar-refractivity contribution in [3.8, 4) is 0 Å². The summed E-state index contributed by atoms with van der Waals surface area (Å²) in [7, 11) is 0. The molecule has 1 atom stereocenters. The minimum Gasteiger partial charge on any atom is -0.396 e. The van der Waals surface area contributed by atoms with Gasteiger partial charge in [-0.05, 0) is 54.3 Å². The van der Waals surface area contributed by atoms with Crippen LogP contribution in [-0.4, -0.2) is 40.6 Å². The van der Waals surface area contributed by atoms with E-state index in [1.807, 2.05) is 11.1 Å². The topological polar surface area (TPSA) is 56.3 Å². The van der Waals surface area contributed by atoms with Crippen molar-refractivity contribution >= 4 is 16.8 Å². The first-order chi connectivity index (χ1) is 10.3. The van der Waals surface area contributed by atoms with Crippen molar-refractivity contribution in [2.75, 3.05) is 19.7 Å². The molecule has 0 spiro atoms. The number of amides is 1. The fraction of sp³-hybridized carbons (Fsp3) is 0.471. The van der Waals surface area contributed by atoms with Crippen molar-refractivity contribution in [2.45, 2.75) is 25.7 Å². The number of piperidine rings is 1. The highest BCUT2D eigenvalue weighted by Gasteiger charge is 2.22. The second-order valence-electron chi connectivity index (χ2n) is 5.93. The Bertz CT molecular complexity index is 620. The van der Waals surface area contributed by atoms with E-state index in [0.717, 1.165) is 31.3 Å². The molecule has 1 saturated heterocycles. The maximum atomic E-state index is 12.3. The van der Waals surface area contributed by atoms with Crippen LogP contribution in [0.3, 0.4) is 0 Å². The molecule has 1 aliphatic heterocycles. The molecule has 3 rings (SSSR count). The highest BCUT2D eigenvalue weighted by molar-refractivity contribution is 5.80. The van der Waals surface area contributed by atoms with Gasteiger partial charge >= 0.3 is 0 Å². The largest absolute Gasteiger partial charge is 0.396 e. The molecular weight excluding hydrogens is 264 g/mol. The van der Waals surface area contributed by atoms with Gasteiger partial charge in [0.25, 0.3) is 0 Å². The SMILES string of the molecule is O=C(CCc1ccc2[nH]ccc2c1)N1CCCC(CO)C1. The molecule has 1 unspecified atom stereocenters. The minimum absolute atomic E-state index is 0.188. The number of hydrogen-bond acceptors (Lipinski definition) is 2. The third kappa shape index (κ3) is 3.27. The van der Waals surface area contributed by atoms with Crippen molar-refractivity contribution < 1.29 is 9.90 Å². The van der Waals surface area contributed by atoms with E-state index in [9.17, 15) is 9.90 Å². The van der Waals surface area contributed by atoms with Crippen LogP contribution in [0.2, 0.25) is 0 Å². The van der Waals surface area contributed by atoms with Crippen molar-refractivity contribution in [3.05, 3.63) is 36.0 Å². The standard InChI is InChI=1S/C17H22N2O2/c20-12-14-2-1-9-19(11-14)17(21)6-4-13-3-5-16-15(10-13)7-8-18-16/h3,5,7-8,10,14,18,20H,1-2,4,6,9,11-12H2. The molecule has 0 radical (unpaired) electrons. The summed E-state index contributed by atoms with van der Waals surface area (Å²) in [6.45, 7) is 1.74. The Morgan fingerprint density at radius 1 is 1.38 bits per heavy atom. The van der Waals surface area contributed by atoms with Crippen LogP contribution in [0.4, 0.5) is 0 Å². The van der Waals surface area contributed by atoms with E-state index in [1.165, 1.54) is 10.9 Å². The van der Waals surface area contributed by atoms with Crippen LogP contribution in [-0.2, 0) is 11.2 Å². The highest BCUT2D eigenvalue weighted by atomic mass is 16.3. The molecule has 4 nitrogen and oxygen atoms in total. The second-order valence-corrected chi connectivity index (χ2v) is 5.93. The quantitative estimate of drug-likeness (QED) is 0.906. The van der Waals surface area contributed by atoms with Gasteiger partial charge in [-0.25, -0.2) is 0 Å². The third-order valence-electron chi connectivity index (χ3n) is 4.38. The van der Waals surface area contributed by atoms with Crippen LogP contribution in [0.25, 0.3) is 10.9 Å². The molecule has 1 aromatic heterocycles. The maximum absolute atomic E-state index is 12.3. The number of nitrogens with zero attached hydrogens (tertiary/aromatic N) is 1. The van der Waals surface area contributed by atoms with E-state index in [2.05, 4.69) is 29.2 Å². The number of aliphatic hydroxyl groups is 1. The van der Waals surface area contributed by atoms with Gasteiger partial charge in [-0.2, -0.15) is 0 Å². The Morgan fingerprint density at radius 2 is 2.29 bits per heavy atom. The molecule has 0 aliphatic carbocycles. The van der Waals surface area contributed by atoms with Crippen molar-refractivity contribution in [3.63, 3.8) is 0 Å². The number of benzene rings is 1. The van der Waals surface area contributed by atoms with E-state index in [1.54, 1.807) is 0 Å².